The summed E-state index contributed by atoms with van der Waals surface area (Å²) in [6, 6.07) is 18.6. The highest BCUT2D eigenvalue weighted by atomic mass is 35.5. The summed E-state index contributed by atoms with van der Waals surface area (Å²) >= 11 is 0. The Balaban J connectivity index is 0.00000408. The summed E-state index contributed by atoms with van der Waals surface area (Å²) in [6.07, 6.45) is 2.37. The number of hydrogen-bond donors (Lipinski definition) is 1. The Morgan fingerprint density at radius 2 is 1.76 bits per heavy atom. The smallest absolute Gasteiger partial charge is 0.308 e. The molecule has 0 bridgehead atoms. The van der Waals surface area contributed by atoms with Gasteiger partial charge < -0.3 is 10.1 Å². The first-order chi connectivity index (χ1) is 15.9. The number of carbonyl (C=O) groups is 1. The van der Waals surface area contributed by atoms with Crippen molar-refractivity contribution in [2.75, 3.05) is 40.8 Å². The van der Waals surface area contributed by atoms with Crippen molar-refractivity contribution in [3.8, 4) is 0 Å². The Labute approximate surface area is 209 Å². The predicted molar refractivity (Wildman–Crippen MR) is 136 cm³/mol. The normalized spacial score (nSPS) is 19.9. The Hall–Kier alpha value is -1.97. The molecule has 1 saturated heterocycles. The highest BCUT2D eigenvalue weighted by molar-refractivity contribution is 7.89. The summed E-state index contributed by atoms with van der Waals surface area (Å²) in [4.78, 5) is 14.6. The lowest BCUT2D eigenvalue weighted by atomic mass is 9.92. The van der Waals surface area contributed by atoms with Crippen molar-refractivity contribution in [3.05, 3.63) is 66.2 Å². The maximum atomic E-state index is 13.1. The molecule has 3 rings (SSSR count). The van der Waals surface area contributed by atoms with Crippen LogP contribution >= 0.6 is 12.4 Å². The summed E-state index contributed by atoms with van der Waals surface area (Å²) in [6.45, 7) is 1.99. The van der Waals surface area contributed by atoms with Crippen LogP contribution in [0.4, 0.5) is 0 Å². The van der Waals surface area contributed by atoms with E-state index in [1.54, 1.807) is 31.3 Å². The zero-order chi connectivity index (χ0) is 23.8. The van der Waals surface area contributed by atoms with Crippen molar-refractivity contribution in [1.29, 1.82) is 0 Å². The average Bonchev–Trinajstić information content (AvgIpc) is 2.86. The fourth-order valence-corrected chi connectivity index (χ4v) is 5.79. The minimum absolute atomic E-state index is 0. The number of rotatable bonds is 10. The fourth-order valence-electron chi connectivity index (χ4n) is 4.55. The Morgan fingerprint density at radius 1 is 1.15 bits per heavy atom. The van der Waals surface area contributed by atoms with Crippen molar-refractivity contribution < 1.29 is 17.9 Å². The van der Waals surface area contributed by atoms with Gasteiger partial charge in [-0.1, -0.05) is 48.5 Å². The number of nitrogens with one attached hydrogen (secondary N) is 1. The second-order valence-corrected chi connectivity index (χ2v) is 10.6. The molecule has 0 aliphatic carbocycles. The number of methoxy groups -OCH3 is 1. The van der Waals surface area contributed by atoms with Gasteiger partial charge in [-0.3, -0.25) is 9.69 Å². The molecular formula is C25H36ClN3O4S. The fraction of sp³-hybridized carbons (Fsp3) is 0.480. The van der Waals surface area contributed by atoms with E-state index >= 15 is 0 Å². The number of benzene rings is 2. The monoisotopic (exact) mass is 509 g/mol. The number of nitrogens with zero attached hydrogens (tertiary/aromatic N) is 2. The van der Waals surface area contributed by atoms with Crippen molar-refractivity contribution in [2.45, 2.75) is 36.2 Å². The summed E-state index contributed by atoms with van der Waals surface area (Å²) in [7, 11) is 1.43. The zero-order valence-electron chi connectivity index (χ0n) is 20.1. The second-order valence-electron chi connectivity index (χ2n) is 8.58. The first-order valence-electron chi connectivity index (χ1n) is 11.4. The molecule has 0 aromatic heterocycles. The van der Waals surface area contributed by atoms with Crippen LogP contribution in [0.15, 0.2) is 65.6 Å². The standard InChI is InChI=1S/C25H35N3O4S.ClH/c1-26-24-18-21(25(29)32-3)14-16-28(24)17-15-22(20-10-6-4-7-11-20)19-27(2)33(30,31)23-12-8-5-9-13-23;/h4-13,21-22,24,26H,14-19H2,1-3H3;1H. The van der Waals surface area contributed by atoms with Gasteiger partial charge in [0.2, 0.25) is 10.0 Å². The molecule has 1 aliphatic heterocycles. The number of halogens is 1. The molecular weight excluding hydrogens is 474 g/mol. The minimum atomic E-state index is -3.56. The van der Waals surface area contributed by atoms with Gasteiger partial charge in [0.25, 0.3) is 0 Å². The number of sulfonamides is 1. The van der Waals surface area contributed by atoms with Crippen LogP contribution in [0.2, 0.25) is 0 Å². The van der Waals surface area contributed by atoms with E-state index in [1.807, 2.05) is 31.3 Å². The molecule has 1 heterocycles. The molecule has 3 unspecified atom stereocenters. The maximum Gasteiger partial charge on any atom is 0.308 e. The van der Waals surface area contributed by atoms with E-state index in [9.17, 15) is 13.2 Å². The molecule has 0 spiro atoms. The molecule has 1 fully saturated rings. The van der Waals surface area contributed by atoms with Gasteiger partial charge in [-0.2, -0.15) is 0 Å². The highest BCUT2D eigenvalue weighted by Gasteiger charge is 2.32. The molecule has 0 amide bonds. The summed E-state index contributed by atoms with van der Waals surface area (Å²) < 4.78 is 32.6. The Morgan fingerprint density at radius 3 is 2.35 bits per heavy atom. The van der Waals surface area contributed by atoms with Crippen molar-refractivity contribution >= 4 is 28.4 Å². The van der Waals surface area contributed by atoms with E-state index in [0.29, 0.717) is 17.9 Å². The number of esters is 1. The van der Waals surface area contributed by atoms with Crippen molar-refractivity contribution in [1.82, 2.24) is 14.5 Å². The van der Waals surface area contributed by atoms with Crippen LogP contribution in [0.5, 0.6) is 0 Å². The first-order valence-corrected chi connectivity index (χ1v) is 12.9. The van der Waals surface area contributed by atoms with Crippen molar-refractivity contribution in [2.24, 2.45) is 5.92 Å². The molecule has 3 atom stereocenters. The van der Waals surface area contributed by atoms with Crippen LogP contribution in [0, 0.1) is 5.92 Å². The van der Waals surface area contributed by atoms with Gasteiger partial charge in [0, 0.05) is 26.7 Å². The maximum absolute atomic E-state index is 13.1. The highest BCUT2D eigenvalue weighted by Crippen LogP contribution is 2.27. The third-order valence-corrected chi connectivity index (χ3v) is 8.38. The average molecular weight is 510 g/mol. The topological polar surface area (TPSA) is 79.0 Å². The predicted octanol–water partition coefficient (Wildman–Crippen LogP) is 3.33. The third kappa shape index (κ3) is 7.02. The molecule has 1 N–H and O–H groups in total. The Bertz CT molecular complexity index is 992. The number of likely N-dealkylation sites (N-methyl/N-ethyl adjacent to an activating group) is 1. The van der Waals surface area contributed by atoms with Crippen LogP contribution in [0.25, 0.3) is 0 Å². The van der Waals surface area contributed by atoms with E-state index in [1.165, 1.54) is 11.4 Å². The van der Waals surface area contributed by atoms with E-state index in [0.717, 1.165) is 31.5 Å². The number of likely N-dealkylation sites (tertiary alicyclic amines) is 1. The van der Waals surface area contributed by atoms with Crippen LogP contribution in [0.3, 0.4) is 0 Å². The van der Waals surface area contributed by atoms with E-state index < -0.39 is 10.0 Å². The number of piperidine rings is 1. The van der Waals surface area contributed by atoms with E-state index in [2.05, 4.69) is 22.3 Å². The lowest BCUT2D eigenvalue weighted by Crippen LogP contribution is -2.51. The number of carbonyl (C=O) groups excluding carboxylic acids is 1. The van der Waals surface area contributed by atoms with Crippen LogP contribution < -0.4 is 5.32 Å². The molecule has 7 nitrogen and oxygen atoms in total. The second kappa shape index (κ2) is 13.2. The van der Waals surface area contributed by atoms with Crippen molar-refractivity contribution in [3.63, 3.8) is 0 Å². The van der Waals surface area contributed by atoms with Gasteiger partial charge >= 0.3 is 5.97 Å². The zero-order valence-corrected chi connectivity index (χ0v) is 21.7. The molecule has 2 aromatic rings. The molecule has 9 heteroatoms. The van der Waals surface area contributed by atoms with E-state index in [-0.39, 0.29) is 36.4 Å². The van der Waals surface area contributed by atoms with Gasteiger partial charge in [-0.15, -0.1) is 12.4 Å². The molecule has 2 aromatic carbocycles. The first kappa shape index (κ1) is 28.3. The minimum Gasteiger partial charge on any atom is -0.469 e. The SMILES string of the molecule is CNC1CC(C(=O)OC)CCN1CCC(CN(C)S(=O)(=O)c1ccccc1)c1ccccc1.Cl. The lowest BCUT2D eigenvalue weighted by Gasteiger charge is -2.39. The van der Waals surface area contributed by atoms with Crippen LogP contribution in [0.1, 0.15) is 30.7 Å². The van der Waals surface area contributed by atoms with Gasteiger partial charge in [0.05, 0.1) is 24.1 Å². The largest absolute Gasteiger partial charge is 0.469 e. The number of ether oxygens (including phenoxy) is 1. The summed E-state index contributed by atoms with van der Waals surface area (Å²) in [5.41, 5.74) is 1.12. The Kier molecular flexibility index (Phi) is 11.0. The molecule has 0 saturated carbocycles. The van der Waals surface area contributed by atoms with E-state index in [4.69, 9.17) is 4.74 Å². The third-order valence-electron chi connectivity index (χ3n) is 6.55. The van der Waals surface area contributed by atoms with Crippen LogP contribution in [-0.4, -0.2) is 70.6 Å². The lowest BCUT2D eigenvalue weighted by molar-refractivity contribution is -0.148. The molecule has 188 valence electrons. The van der Waals surface area contributed by atoms with Gasteiger partial charge in [0.15, 0.2) is 0 Å². The molecule has 34 heavy (non-hydrogen) atoms. The summed E-state index contributed by atoms with van der Waals surface area (Å²) in [5, 5.41) is 3.32. The molecule has 0 radical (unpaired) electrons. The van der Waals surface area contributed by atoms with Gasteiger partial charge in [-0.05, 0) is 49.9 Å². The van der Waals surface area contributed by atoms with Gasteiger partial charge in [-0.25, -0.2) is 12.7 Å². The quantitative estimate of drug-likeness (QED) is 0.495. The molecule has 1 aliphatic rings. The summed E-state index contributed by atoms with van der Waals surface area (Å²) in [5.74, 6) is -0.189. The van der Waals surface area contributed by atoms with Crippen LogP contribution in [-0.2, 0) is 19.6 Å². The van der Waals surface area contributed by atoms with Gasteiger partial charge in [0.1, 0.15) is 0 Å². The number of hydrogen-bond acceptors (Lipinski definition) is 6.